The van der Waals surface area contributed by atoms with E-state index in [9.17, 15) is 9.59 Å². The molecule has 0 unspecified atom stereocenters. The first-order chi connectivity index (χ1) is 12.4. The zero-order valence-electron chi connectivity index (χ0n) is 16.4. The molecule has 26 heavy (non-hydrogen) atoms. The van der Waals surface area contributed by atoms with Gasteiger partial charge in [-0.2, -0.15) is 0 Å². The molecule has 4 rings (SSSR count). The molecule has 3 heteroatoms. The molecule has 4 aliphatic rings. The zero-order chi connectivity index (χ0) is 18.5. The highest BCUT2D eigenvalue weighted by molar-refractivity contribution is 6.01. The third-order valence-electron chi connectivity index (χ3n) is 8.06. The first kappa shape index (κ1) is 18.0. The van der Waals surface area contributed by atoms with Crippen molar-refractivity contribution in [3.63, 3.8) is 0 Å². The molecule has 3 nitrogen and oxygen atoms in total. The number of allylic oxidation sites excluding steroid dienone is 4. The Balaban J connectivity index is 1.56. The van der Waals surface area contributed by atoms with Gasteiger partial charge in [0, 0.05) is 10.8 Å². The van der Waals surface area contributed by atoms with Crippen LogP contribution in [0.2, 0.25) is 0 Å². The van der Waals surface area contributed by atoms with Crippen molar-refractivity contribution in [1.82, 2.24) is 0 Å². The highest BCUT2D eigenvalue weighted by Crippen LogP contribution is 2.64. The van der Waals surface area contributed by atoms with Crippen LogP contribution in [0.25, 0.3) is 0 Å². The number of hydrogen-bond donors (Lipinski definition) is 0. The van der Waals surface area contributed by atoms with E-state index in [-0.39, 0.29) is 28.5 Å². The predicted molar refractivity (Wildman–Crippen MR) is 101 cm³/mol. The number of ether oxygens (including phenoxy) is 1. The minimum Gasteiger partial charge on any atom is -0.465 e. The van der Waals surface area contributed by atoms with E-state index in [0.29, 0.717) is 24.4 Å². The van der Waals surface area contributed by atoms with Gasteiger partial charge in [0.15, 0.2) is 5.78 Å². The number of ketones is 1. The molecule has 0 bridgehead atoms. The van der Waals surface area contributed by atoms with Crippen LogP contribution in [0.15, 0.2) is 23.8 Å². The van der Waals surface area contributed by atoms with E-state index in [0.717, 1.165) is 12.8 Å². The molecule has 4 aliphatic carbocycles. The lowest BCUT2D eigenvalue weighted by atomic mass is 9.48. The summed E-state index contributed by atoms with van der Waals surface area (Å²) in [6, 6.07) is 0. The van der Waals surface area contributed by atoms with Crippen LogP contribution in [0.5, 0.6) is 0 Å². The average Bonchev–Trinajstić information content (AvgIpc) is 3.04. The van der Waals surface area contributed by atoms with E-state index in [2.05, 4.69) is 13.0 Å². The molecule has 0 aromatic heterocycles. The Labute approximate surface area is 157 Å². The van der Waals surface area contributed by atoms with Crippen LogP contribution in [0.1, 0.15) is 65.7 Å². The van der Waals surface area contributed by atoms with Gasteiger partial charge in [-0.3, -0.25) is 9.59 Å². The van der Waals surface area contributed by atoms with Gasteiger partial charge in [-0.05, 0) is 68.4 Å². The summed E-state index contributed by atoms with van der Waals surface area (Å²) in [6.07, 6.45) is 14.2. The van der Waals surface area contributed by atoms with Gasteiger partial charge in [-0.25, -0.2) is 0 Å². The van der Waals surface area contributed by atoms with Crippen LogP contribution >= 0.6 is 0 Å². The largest absolute Gasteiger partial charge is 0.465 e. The van der Waals surface area contributed by atoms with Gasteiger partial charge < -0.3 is 4.74 Å². The average molecular weight is 357 g/mol. The maximum atomic E-state index is 12.1. The molecular formula is C23H32O3. The number of carbonyl (C=O) groups is 2. The zero-order valence-corrected chi connectivity index (χ0v) is 16.4. The van der Waals surface area contributed by atoms with Crippen molar-refractivity contribution < 1.29 is 14.3 Å². The fourth-order valence-electron chi connectivity index (χ4n) is 6.62. The van der Waals surface area contributed by atoms with E-state index < -0.39 is 0 Å². The lowest BCUT2D eigenvalue weighted by Crippen LogP contribution is -2.50. The normalized spacial score (nSPS) is 41.3. The Morgan fingerprint density at radius 2 is 2.04 bits per heavy atom. The quantitative estimate of drug-likeness (QED) is 0.678. The maximum absolute atomic E-state index is 12.1. The van der Waals surface area contributed by atoms with Crippen LogP contribution in [0.4, 0.5) is 0 Å². The molecule has 0 aliphatic heterocycles. The number of fused-ring (bicyclic) bond motifs is 5. The van der Waals surface area contributed by atoms with Crippen molar-refractivity contribution >= 4 is 11.8 Å². The van der Waals surface area contributed by atoms with Crippen LogP contribution in [0.3, 0.4) is 0 Å². The van der Waals surface area contributed by atoms with Crippen molar-refractivity contribution in [2.75, 3.05) is 6.61 Å². The van der Waals surface area contributed by atoms with Gasteiger partial charge in [0.25, 0.3) is 0 Å². The van der Waals surface area contributed by atoms with Crippen LogP contribution in [-0.2, 0) is 14.3 Å². The Morgan fingerprint density at radius 1 is 1.23 bits per heavy atom. The predicted octanol–water partition coefficient (Wildman–Crippen LogP) is 4.86. The van der Waals surface area contributed by atoms with Crippen molar-refractivity contribution in [3.8, 4) is 0 Å². The molecule has 0 aromatic carbocycles. The standard InChI is InChI=1S/C23H32O3/c1-15(2)21(25)26-14-23-10-4-5-20(23)18-7-6-16-13-17(24)8-11-22(16,3)19(18)9-12-23/h8,11,13,15,18-20H,4-7,9-10,12,14H2,1-3H3/t18-,19+,20+,22+,23+/m1/s1. The molecule has 0 radical (unpaired) electrons. The summed E-state index contributed by atoms with van der Waals surface area (Å²) in [5.74, 6) is 2.05. The smallest absolute Gasteiger partial charge is 0.308 e. The van der Waals surface area contributed by atoms with Gasteiger partial charge in [0.05, 0.1) is 12.5 Å². The number of esters is 1. The molecule has 0 aromatic rings. The SMILES string of the molecule is CC(C)C(=O)OC[C@@]12CCC[C@H]1[C@@H]1CCC3=CC(=O)C=C[C@]3(C)[C@H]1CC2. The van der Waals surface area contributed by atoms with E-state index in [1.807, 2.05) is 19.9 Å². The molecular weight excluding hydrogens is 324 g/mol. The molecule has 0 N–H and O–H groups in total. The number of carbonyl (C=O) groups excluding carboxylic acids is 2. The maximum Gasteiger partial charge on any atom is 0.308 e. The minimum absolute atomic E-state index is 0.0474. The fraction of sp³-hybridized carbons (Fsp3) is 0.739. The third-order valence-corrected chi connectivity index (χ3v) is 8.06. The van der Waals surface area contributed by atoms with E-state index >= 15 is 0 Å². The minimum atomic E-state index is -0.0540. The second-order valence-corrected chi connectivity index (χ2v) is 9.66. The highest BCUT2D eigenvalue weighted by atomic mass is 16.5. The molecule has 0 saturated heterocycles. The summed E-state index contributed by atoms with van der Waals surface area (Å²) in [6.45, 7) is 6.79. The van der Waals surface area contributed by atoms with Crippen molar-refractivity contribution in [1.29, 1.82) is 0 Å². The molecule has 5 atom stereocenters. The third kappa shape index (κ3) is 2.70. The summed E-state index contributed by atoms with van der Waals surface area (Å²) in [5.41, 5.74) is 1.61. The number of rotatable bonds is 3. The summed E-state index contributed by atoms with van der Waals surface area (Å²) < 4.78 is 5.76. The Bertz CT molecular complexity index is 673. The molecule has 3 saturated carbocycles. The van der Waals surface area contributed by atoms with Crippen LogP contribution in [0, 0.1) is 34.5 Å². The van der Waals surface area contributed by atoms with Gasteiger partial charge in [0.2, 0.25) is 0 Å². The van der Waals surface area contributed by atoms with E-state index in [4.69, 9.17) is 4.74 Å². The van der Waals surface area contributed by atoms with Crippen molar-refractivity contribution in [2.24, 2.45) is 34.5 Å². The van der Waals surface area contributed by atoms with Gasteiger partial charge >= 0.3 is 5.97 Å². The second kappa shape index (κ2) is 6.35. The van der Waals surface area contributed by atoms with Gasteiger partial charge in [-0.1, -0.05) is 38.8 Å². The van der Waals surface area contributed by atoms with E-state index in [1.165, 1.54) is 37.7 Å². The van der Waals surface area contributed by atoms with E-state index in [1.54, 1.807) is 6.08 Å². The number of hydrogen-bond acceptors (Lipinski definition) is 3. The van der Waals surface area contributed by atoms with Crippen molar-refractivity contribution in [3.05, 3.63) is 23.8 Å². The molecule has 0 amide bonds. The summed E-state index contributed by atoms with van der Waals surface area (Å²) >= 11 is 0. The lowest BCUT2D eigenvalue weighted by Gasteiger charge is -2.56. The Hall–Kier alpha value is -1.38. The summed E-state index contributed by atoms with van der Waals surface area (Å²) in [7, 11) is 0. The first-order valence-electron chi connectivity index (χ1n) is 10.5. The summed E-state index contributed by atoms with van der Waals surface area (Å²) in [4.78, 5) is 23.9. The molecule has 142 valence electrons. The van der Waals surface area contributed by atoms with Gasteiger partial charge in [0.1, 0.15) is 0 Å². The highest BCUT2D eigenvalue weighted by Gasteiger charge is 2.57. The Kier molecular flexibility index (Phi) is 4.40. The lowest BCUT2D eigenvalue weighted by molar-refractivity contribution is -0.155. The molecule has 0 heterocycles. The second-order valence-electron chi connectivity index (χ2n) is 9.66. The topological polar surface area (TPSA) is 43.4 Å². The first-order valence-corrected chi connectivity index (χ1v) is 10.5. The fourth-order valence-corrected chi connectivity index (χ4v) is 6.62. The van der Waals surface area contributed by atoms with Gasteiger partial charge in [-0.15, -0.1) is 0 Å². The summed E-state index contributed by atoms with van der Waals surface area (Å²) in [5, 5.41) is 0. The van der Waals surface area contributed by atoms with Crippen LogP contribution in [-0.4, -0.2) is 18.4 Å². The van der Waals surface area contributed by atoms with Crippen LogP contribution < -0.4 is 0 Å². The molecule has 3 fully saturated rings. The monoisotopic (exact) mass is 356 g/mol. The molecule has 0 spiro atoms. The Morgan fingerprint density at radius 3 is 2.81 bits per heavy atom. The van der Waals surface area contributed by atoms with Crippen molar-refractivity contribution in [2.45, 2.75) is 65.7 Å².